The average molecular weight is 383 g/mol. The average Bonchev–Trinajstić information content (AvgIpc) is 3.28. The van der Waals surface area contributed by atoms with E-state index in [9.17, 15) is 8.42 Å². The molecule has 0 aromatic heterocycles. The summed E-state index contributed by atoms with van der Waals surface area (Å²) in [5.41, 5.74) is 5.58. The molecule has 0 N–H and O–H groups in total. The molecule has 2 aromatic rings. The Morgan fingerprint density at radius 3 is 1.74 bits per heavy atom. The summed E-state index contributed by atoms with van der Waals surface area (Å²) in [4.78, 5) is 0.381. The molecule has 3 nitrogen and oxygen atoms in total. The smallest absolute Gasteiger partial charge is 0.175 e. The van der Waals surface area contributed by atoms with E-state index in [4.69, 9.17) is 4.74 Å². The minimum atomic E-state index is -3.17. The van der Waals surface area contributed by atoms with Gasteiger partial charge in [-0.1, -0.05) is 37.1 Å². The molecule has 1 fully saturated rings. The summed E-state index contributed by atoms with van der Waals surface area (Å²) in [5.74, 6) is 0.868. The number of hydrogen-bond acceptors (Lipinski definition) is 3. The van der Waals surface area contributed by atoms with Gasteiger partial charge in [-0.05, 0) is 77.6 Å². The Hall–Kier alpha value is -2.07. The van der Waals surface area contributed by atoms with Crippen molar-refractivity contribution >= 4 is 21.0 Å². The highest BCUT2D eigenvalue weighted by molar-refractivity contribution is 7.90. The Balaban J connectivity index is 1.76. The molecule has 4 heteroatoms. The van der Waals surface area contributed by atoms with Crippen molar-refractivity contribution in [2.45, 2.75) is 43.4 Å². The Morgan fingerprint density at radius 2 is 1.30 bits per heavy atom. The fourth-order valence-electron chi connectivity index (χ4n) is 4.75. The zero-order valence-corrected chi connectivity index (χ0v) is 16.8. The summed E-state index contributed by atoms with van der Waals surface area (Å²) >= 11 is 0. The fraction of sp³-hybridized carbons (Fsp3) is 0.391. The van der Waals surface area contributed by atoms with Crippen LogP contribution >= 0.6 is 0 Å². The zero-order chi connectivity index (χ0) is 19.1. The molecular weight excluding hydrogens is 356 g/mol. The third-order valence-electron chi connectivity index (χ3n) is 6.20. The van der Waals surface area contributed by atoms with Crippen molar-refractivity contribution in [1.82, 2.24) is 0 Å². The molecule has 2 aliphatic carbocycles. The largest absolute Gasteiger partial charge is 0.497 e. The van der Waals surface area contributed by atoms with Gasteiger partial charge in [0.1, 0.15) is 5.75 Å². The zero-order valence-electron chi connectivity index (χ0n) is 16.0. The van der Waals surface area contributed by atoms with E-state index in [-0.39, 0.29) is 0 Å². The van der Waals surface area contributed by atoms with Gasteiger partial charge >= 0.3 is 0 Å². The number of rotatable bonds is 4. The maximum atomic E-state index is 11.8. The predicted octanol–water partition coefficient (Wildman–Crippen LogP) is 5.36. The van der Waals surface area contributed by atoms with Gasteiger partial charge in [0, 0.05) is 6.26 Å². The lowest BCUT2D eigenvalue weighted by Crippen LogP contribution is -2.11. The lowest BCUT2D eigenvalue weighted by molar-refractivity contribution is 0.330. The fourth-order valence-corrected chi connectivity index (χ4v) is 5.38. The van der Waals surface area contributed by atoms with Crippen molar-refractivity contribution in [3.8, 4) is 5.75 Å². The Labute approximate surface area is 162 Å². The number of sulfone groups is 1. The van der Waals surface area contributed by atoms with E-state index in [1.807, 2.05) is 24.3 Å². The first-order chi connectivity index (χ1) is 12.9. The highest BCUT2D eigenvalue weighted by Crippen LogP contribution is 2.57. The van der Waals surface area contributed by atoms with Crippen molar-refractivity contribution in [3.63, 3.8) is 0 Å². The summed E-state index contributed by atoms with van der Waals surface area (Å²) in [6.07, 6.45) is 8.67. The standard InChI is InChI=1S/C23H26O3S/c1-26-19-9-5-17(6-10-19)21-15-23(13-3-4-14-23)16-22(21)18-7-11-20(12-8-18)27(2,24)25/h5-12H,3-4,13-16H2,1-2H3. The molecule has 0 bridgehead atoms. The molecule has 0 heterocycles. The molecule has 0 radical (unpaired) electrons. The highest BCUT2D eigenvalue weighted by Gasteiger charge is 2.41. The van der Waals surface area contributed by atoms with Crippen LogP contribution in [0.4, 0.5) is 0 Å². The lowest BCUT2D eigenvalue weighted by atomic mass is 9.81. The molecule has 1 spiro atoms. The quantitative estimate of drug-likeness (QED) is 0.714. The number of methoxy groups -OCH3 is 1. The van der Waals surface area contributed by atoms with E-state index in [1.54, 1.807) is 19.2 Å². The van der Waals surface area contributed by atoms with Crippen molar-refractivity contribution in [1.29, 1.82) is 0 Å². The Kier molecular flexibility index (Phi) is 4.63. The second-order valence-electron chi connectivity index (χ2n) is 8.04. The molecule has 0 atom stereocenters. The van der Waals surface area contributed by atoms with Crippen LogP contribution in [0.3, 0.4) is 0 Å². The van der Waals surface area contributed by atoms with Crippen LogP contribution in [0.15, 0.2) is 53.4 Å². The van der Waals surface area contributed by atoms with Crippen LogP contribution in [0.2, 0.25) is 0 Å². The van der Waals surface area contributed by atoms with Gasteiger partial charge in [-0.2, -0.15) is 0 Å². The van der Waals surface area contributed by atoms with Crippen LogP contribution in [-0.4, -0.2) is 21.8 Å². The van der Waals surface area contributed by atoms with E-state index in [1.165, 1.54) is 48.6 Å². The Morgan fingerprint density at radius 1 is 0.815 bits per heavy atom. The highest BCUT2D eigenvalue weighted by atomic mass is 32.2. The van der Waals surface area contributed by atoms with Crippen molar-refractivity contribution in [2.75, 3.05) is 13.4 Å². The van der Waals surface area contributed by atoms with Crippen molar-refractivity contribution in [3.05, 3.63) is 59.7 Å². The number of ether oxygens (including phenoxy) is 1. The van der Waals surface area contributed by atoms with E-state index in [0.29, 0.717) is 10.3 Å². The van der Waals surface area contributed by atoms with Crippen LogP contribution in [0.1, 0.15) is 49.7 Å². The summed E-state index contributed by atoms with van der Waals surface area (Å²) in [6, 6.07) is 15.8. The first-order valence-corrected chi connectivity index (χ1v) is 11.5. The normalized spacial score (nSPS) is 19.0. The first kappa shape index (κ1) is 18.3. The summed E-state index contributed by atoms with van der Waals surface area (Å²) in [7, 11) is -1.48. The predicted molar refractivity (Wildman–Crippen MR) is 109 cm³/mol. The SMILES string of the molecule is COc1ccc(C2=C(c3ccc(S(C)(=O)=O)cc3)CC3(CCCC3)C2)cc1. The van der Waals surface area contributed by atoms with Crippen LogP contribution < -0.4 is 4.74 Å². The van der Waals surface area contributed by atoms with Gasteiger partial charge in [0.25, 0.3) is 0 Å². The van der Waals surface area contributed by atoms with E-state index >= 15 is 0 Å². The monoisotopic (exact) mass is 382 g/mol. The maximum Gasteiger partial charge on any atom is 0.175 e. The van der Waals surface area contributed by atoms with Gasteiger partial charge in [0.15, 0.2) is 9.84 Å². The summed E-state index contributed by atoms with van der Waals surface area (Å²) < 4.78 is 28.9. The second-order valence-corrected chi connectivity index (χ2v) is 10.1. The number of hydrogen-bond donors (Lipinski definition) is 0. The third kappa shape index (κ3) is 3.55. The van der Waals surface area contributed by atoms with Gasteiger partial charge < -0.3 is 4.74 Å². The molecular formula is C23H26O3S. The van der Waals surface area contributed by atoms with Crippen LogP contribution in [0.25, 0.3) is 11.1 Å². The van der Waals surface area contributed by atoms with Crippen LogP contribution in [0, 0.1) is 5.41 Å². The third-order valence-corrected chi connectivity index (χ3v) is 7.33. The molecule has 0 aliphatic heterocycles. The molecule has 27 heavy (non-hydrogen) atoms. The molecule has 0 unspecified atom stereocenters. The summed E-state index contributed by atoms with van der Waals surface area (Å²) in [5, 5.41) is 0. The topological polar surface area (TPSA) is 43.4 Å². The Bertz CT molecular complexity index is 961. The second kappa shape index (κ2) is 6.83. The molecule has 0 saturated heterocycles. The van der Waals surface area contributed by atoms with Gasteiger partial charge in [0.05, 0.1) is 12.0 Å². The molecule has 2 aliphatic rings. The minimum absolute atomic E-state index is 0.381. The van der Waals surface area contributed by atoms with Gasteiger partial charge in [0.2, 0.25) is 0 Å². The number of benzene rings is 2. The van der Waals surface area contributed by atoms with Crippen molar-refractivity contribution in [2.24, 2.45) is 5.41 Å². The van der Waals surface area contributed by atoms with Gasteiger partial charge in [-0.3, -0.25) is 0 Å². The molecule has 142 valence electrons. The molecule has 2 aromatic carbocycles. The van der Waals surface area contributed by atoms with Crippen LogP contribution in [-0.2, 0) is 9.84 Å². The molecule has 0 amide bonds. The molecule has 1 saturated carbocycles. The minimum Gasteiger partial charge on any atom is -0.497 e. The van der Waals surface area contributed by atoms with Crippen LogP contribution in [0.5, 0.6) is 5.75 Å². The first-order valence-electron chi connectivity index (χ1n) is 9.57. The van der Waals surface area contributed by atoms with E-state index < -0.39 is 9.84 Å². The summed E-state index contributed by atoms with van der Waals surface area (Å²) in [6.45, 7) is 0. The van der Waals surface area contributed by atoms with Crippen molar-refractivity contribution < 1.29 is 13.2 Å². The van der Waals surface area contributed by atoms with E-state index in [2.05, 4.69) is 12.1 Å². The maximum absolute atomic E-state index is 11.8. The van der Waals surface area contributed by atoms with Gasteiger partial charge in [-0.15, -0.1) is 0 Å². The van der Waals surface area contributed by atoms with E-state index in [0.717, 1.165) is 24.2 Å². The molecule has 4 rings (SSSR count). The lowest BCUT2D eigenvalue weighted by Gasteiger charge is -2.23. The number of allylic oxidation sites excluding steroid dienone is 2. The van der Waals surface area contributed by atoms with Gasteiger partial charge in [-0.25, -0.2) is 8.42 Å².